The molecule has 1 N–H and O–H groups in total. The van der Waals surface area contributed by atoms with E-state index < -0.39 is 17.8 Å². The van der Waals surface area contributed by atoms with E-state index >= 15 is 0 Å². The summed E-state index contributed by atoms with van der Waals surface area (Å²) < 4.78 is 43.6. The predicted octanol–water partition coefficient (Wildman–Crippen LogP) is 5.21. The first kappa shape index (κ1) is 21.5. The van der Waals surface area contributed by atoms with E-state index in [0.29, 0.717) is 13.0 Å². The topological polar surface area (TPSA) is 38.3 Å². The summed E-state index contributed by atoms with van der Waals surface area (Å²) >= 11 is 0. The van der Waals surface area contributed by atoms with E-state index in [4.69, 9.17) is 4.74 Å². The molecule has 2 aromatic carbocycles. The van der Waals surface area contributed by atoms with Crippen LogP contribution >= 0.6 is 0 Å². The van der Waals surface area contributed by atoms with Gasteiger partial charge in [0.25, 0.3) is 5.91 Å². The Bertz CT molecular complexity index is 672. The van der Waals surface area contributed by atoms with Gasteiger partial charge in [0.05, 0.1) is 5.56 Å². The zero-order chi connectivity index (χ0) is 19.6. The van der Waals surface area contributed by atoms with Gasteiger partial charge in [-0.25, -0.2) is 0 Å². The number of ether oxygens (including phenoxy) is 1. The summed E-state index contributed by atoms with van der Waals surface area (Å²) in [5.74, 6) is -0.342. The van der Waals surface area contributed by atoms with E-state index in [1.165, 1.54) is 12.1 Å². The van der Waals surface area contributed by atoms with E-state index in [1.807, 2.05) is 44.2 Å². The van der Waals surface area contributed by atoms with Gasteiger partial charge in [-0.15, -0.1) is 0 Å². The third-order valence-electron chi connectivity index (χ3n) is 3.41. The molecule has 1 atom stereocenters. The zero-order valence-electron chi connectivity index (χ0n) is 15.1. The SMILES string of the molecule is CC.CCC(Oc1cccc(C(F)(F)F)c1)C(=O)NCc1ccccc1. The molecule has 0 spiro atoms. The van der Waals surface area contributed by atoms with Crippen LogP contribution in [-0.2, 0) is 17.5 Å². The van der Waals surface area contributed by atoms with E-state index in [0.717, 1.165) is 17.7 Å². The monoisotopic (exact) mass is 367 g/mol. The van der Waals surface area contributed by atoms with Crippen molar-refractivity contribution in [1.29, 1.82) is 0 Å². The number of rotatable bonds is 6. The molecule has 0 saturated heterocycles. The molecule has 3 nitrogen and oxygen atoms in total. The fourth-order valence-corrected chi connectivity index (χ4v) is 2.13. The lowest BCUT2D eigenvalue weighted by molar-refractivity contribution is -0.137. The molecule has 1 amide bonds. The van der Waals surface area contributed by atoms with Crippen molar-refractivity contribution in [2.24, 2.45) is 0 Å². The Hall–Kier alpha value is -2.50. The van der Waals surface area contributed by atoms with Gasteiger partial charge >= 0.3 is 6.18 Å². The third kappa shape index (κ3) is 6.78. The average Bonchev–Trinajstić information content (AvgIpc) is 2.66. The molecule has 0 bridgehead atoms. The molecule has 0 aliphatic carbocycles. The second-order valence-corrected chi connectivity index (χ2v) is 5.24. The van der Waals surface area contributed by atoms with Gasteiger partial charge in [0.1, 0.15) is 5.75 Å². The number of carbonyl (C=O) groups is 1. The molecule has 6 heteroatoms. The van der Waals surface area contributed by atoms with Gasteiger partial charge in [0.15, 0.2) is 6.10 Å². The van der Waals surface area contributed by atoms with Gasteiger partial charge in [0, 0.05) is 6.54 Å². The van der Waals surface area contributed by atoms with Crippen molar-refractivity contribution < 1.29 is 22.7 Å². The van der Waals surface area contributed by atoms with Crippen LogP contribution in [0.5, 0.6) is 5.75 Å². The first-order valence-corrected chi connectivity index (χ1v) is 8.55. The Morgan fingerprint density at radius 2 is 1.73 bits per heavy atom. The maximum Gasteiger partial charge on any atom is 0.416 e. The molecule has 0 aromatic heterocycles. The summed E-state index contributed by atoms with van der Waals surface area (Å²) in [4.78, 5) is 12.2. The van der Waals surface area contributed by atoms with E-state index in [1.54, 1.807) is 6.92 Å². The Morgan fingerprint density at radius 1 is 1.08 bits per heavy atom. The van der Waals surface area contributed by atoms with Crippen LogP contribution in [0.1, 0.15) is 38.3 Å². The highest BCUT2D eigenvalue weighted by Gasteiger charge is 2.31. The van der Waals surface area contributed by atoms with Crippen molar-refractivity contribution in [3.05, 3.63) is 65.7 Å². The Kier molecular flexibility index (Phi) is 8.68. The molecule has 0 heterocycles. The summed E-state index contributed by atoms with van der Waals surface area (Å²) in [6.45, 7) is 6.07. The number of amides is 1. The average molecular weight is 367 g/mol. The lowest BCUT2D eigenvalue weighted by Crippen LogP contribution is -2.37. The number of nitrogens with one attached hydrogen (secondary N) is 1. The minimum absolute atomic E-state index is 0.0199. The van der Waals surface area contributed by atoms with Gasteiger partial charge < -0.3 is 10.1 Å². The molecule has 0 saturated carbocycles. The number of hydrogen-bond acceptors (Lipinski definition) is 2. The van der Waals surface area contributed by atoms with Crippen LogP contribution in [0, 0.1) is 0 Å². The molecule has 1 unspecified atom stereocenters. The van der Waals surface area contributed by atoms with E-state index in [2.05, 4.69) is 5.32 Å². The van der Waals surface area contributed by atoms with Gasteiger partial charge in [0.2, 0.25) is 0 Å². The quantitative estimate of drug-likeness (QED) is 0.762. The van der Waals surface area contributed by atoms with Crippen molar-refractivity contribution in [3.63, 3.8) is 0 Å². The number of benzene rings is 2. The Balaban J connectivity index is 0.00000163. The Labute approximate surface area is 152 Å². The largest absolute Gasteiger partial charge is 0.481 e. The maximum absolute atomic E-state index is 12.7. The third-order valence-corrected chi connectivity index (χ3v) is 3.41. The summed E-state index contributed by atoms with van der Waals surface area (Å²) in [5.41, 5.74) is 0.124. The molecule has 2 rings (SSSR count). The normalized spacial score (nSPS) is 11.8. The summed E-state index contributed by atoms with van der Waals surface area (Å²) in [6, 6.07) is 13.8. The van der Waals surface area contributed by atoms with Crippen LogP contribution in [0.15, 0.2) is 54.6 Å². The molecule has 142 valence electrons. The lowest BCUT2D eigenvalue weighted by atomic mass is 10.2. The first-order valence-electron chi connectivity index (χ1n) is 8.55. The minimum atomic E-state index is -4.45. The molecular formula is C20H24F3NO2. The summed E-state index contributed by atoms with van der Waals surface area (Å²) in [6.07, 6.45) is -4.95. The molecule has 0 aliphatic heterocycles. The van der Waals surface area contributed by atoms with E-state index in [9.17, 15) is 18.0 Å². The van der Waals surface area contributed by atoms with Crippen LogP contribution in [0.2, 0.25) is 0 Å². The smallest absolute Gasteiger partial charge is 0.416 e. The van der Waals surface area contributed by atoms with Crippen LogP contribution in [0.3, 0.4) is 0 Å². The van der Waals surface area contributed by atoms with E-state index in [-0.39, 0.29) is 11.7 Å². The number of halogens is 3. The van der Waals surface area contributed by atoms with Gasteiger partial charge in [-0.2, -0.15) is 13.2 Å². The second kappa shape index (κ2) is 10.5. The molecular weight excluding hydrogens is 343 g/mol. The van der Waals surface area contributed by atoms with Crippen LogP contribution < -0.4 is 10.1 Å². The Morgan fingerprint density at radius 3 is 2.31 bits per heavy atom. The fourth-order valence-electron chi connectivity index (χ4n) is 2.13. The standard InChI is InChI=1S/C18H18F3NO2.C2H6/c1-2-16(17(23)22-12-13-7-4-3-5-8-13)24-15-10-6-9-14(11-15)18(19,20)21;1-2/h3-11,16H,2,12H2,1H3,(H,22,23);1-2H3. The molecule has 26 heavy (non-hydrogen) atoms. The second-order valence-electron chi connectivity index (χ2n) is 5.24. The van der Waals surface area contributed by atoms with Crippen molar-refractivity contribution in [2.75, 3.05) is 0 Å². The summed E-state index contributed by atoms with van der Waals surface area (Å²) in [5, 5.41) is 2.73. The minimum Gasteiger partial charge on any atom is -0.481 e. The van der Waals surface area contributed by atoms with Crippen molar-refractivity contribution >= 4 is 5.91 Å². The van der Waals surface area contributed by atoms with Crippen molar-refractivity contribution in [3.8, 4) is 5.75 Å². The molecule has 0 fully saturated rings. The highest BCUT2D eigenvalue weighted by atomic mass is 19.4. The number of alkyl halides is 3. The summed E-state index contributed by atoms with van der Waals surface area (Å²) in [7, 11) is 0. The van der Waals surface area contributed by atoms with Crippen LogP contribution in [0.25, 0.3) is 0 Å². The van der Waals surface area contributed by atoms with Gasteiger partial charge in [-0.3, -0.25) is 4.79 Å². The van der Waals surface area contributed by atoms with Crippen molar-refractivity contribution in [2.45, 2.75) is 46.0 Å². The number of hydrogen-bond donors (Lipinski definition) is 1. The maximum atomic E-state index is 12.7. The fraction of sp³-hybridized carbons (Fsp3) is 0.350. The predicted molar refractivity (Wildman–Crippen MR) is 95.8 cm³/mol. The number of carbonyl (C=O) groups excluding carboxylic acids is 1. The highest BCUT2D eigenvalue weighted by Crippen LogP contribution is 2.31. The molecule has 0 aliphatic rings. The van der Waals surface area contributed by atoms with Crippen molar-refractivity contribution in [1.82, 2.24) is 5.32 Å². The highest BCUT2D eigenvalue weighted by molar-refractivity contribution is 5.81. The molecule has 2 aromatic rings. The lowest BCUT2D eigenvalue weighted by Gasteiger charge is -2.18. The first-order chi connectivity index (χ1) is 12.4. The van der Waals surface area contributed by atoms with Gasteiger partial charge in [-0.05, 0) is 30.2 Å². The van der Waals surface area contributed by atoms with Gasteiger partial charge in [-0.1, -0.05) is 57.2 Å². The van der Waals surface area contributed by atoms with Crippen LogP contribution in [0.4, 0.5) is 13.2 Å². The van der Waals surface area contributed by atoms with Crippen LogP contribution in [-0.4, -0.2) is 12.0 Å². The zero-order valence-corrected chi connectivity index (χ0v) is 15.1. The molecule has 0 radical (unpaired) electrons.